The molecule has 96 valence electrons. The number of aromatic nitrogens is 3. The maximum atomic E-state index is 12.4. The summed E-state index contributed by atoms with van der Waals surface area (Å²) >= 11 is 0. The molecule has 0 aliphatic rings. The van der Waals surface area contributed by atoms with Crippen LogP contribution in [0.3, 0.4) is 0 Å². The van der Waals surface area contributed by atoms with Gasteiger partial charge in [-0.15, -0.1) is 5.10 Å². The van der Waals surface area contributed by atoms with E-state index in [0.717, 1.165) is 11.0 Å². The third kappa shape index (κ3) is 3.83. The van der Waals surface area contributed by atoms with Crippen molar-refractivity contribution in [2.75, 3.05) is 0 Å². The van der Waals surface area contributed by atoms with Crippen LogP contribution in [-0.2, 0) is 17.5 Å². The van der Waals surface area contributed by atoms with Crippen molar-refractivity contribution in [3.05, 3.63) is 11.9 Å². The Labute approximate surface area is 96.8 Å². The molecule has 0 saturated carbocycles. The molecule has 0 amide bonds. The van der Waals surface area contributed by atoms with E-state index < -0.39 is 11.9 Å². The lowest BCUT2D eigenvalue weighted by Gasteiger charge is -2.10. The maximum Gasteiger partial charge on any atom is 0.434 e. The van der Waals surface area contributed by atoms with Crippen LogP contribution in [-0.4, -0.2) is 21.3 Å². The minimum atomic E-state index is -4.43. The molecule has 0 aliphatic carbocycles. The van der Waals surface area contributed by atoms with Gasteiger partial charge in [-0.2, -0.15) is 13.2 Å². The lowest BCUT2D eigenvalue weighted by Crippen LogP contribution is -2.15. The molecule has 1 heterocycles. The molecule has 0 saturated heterocycles. The molecule has 0 fully saturated rings. The smallest absolute Gasteiger partial charge is 0.303 e. The summed E-state index contributed by atoms with van der Waals surface area (Å²) in [6.07, 6.45) is -1.14. The summed E-state index contributed by atoms with van der Waals surface area (Å²) in [5.41, 5.74) is -0.850. The maximum absolute atomic E-state index is 12.4. The van der Waals surface area contributed by atoms with Gasteiger partial charge in [-0.3, -0.25) is 0 Å². The lowest BCUT2D eigenvalue weighted by molar-refractivity contribution is -0.144. The van der Waals surface area contributed by atoms with Crippen LogP contribution in [0.1, 0.15) is 31.9 Å². The molecular weight excluding hydrogens is 235 g/mol. The molecule has 4 nitrogen and oxygen atoms in total. The zero-order chi connectivity index (χ0) is 12.9. The Morgan fingerprint density at radius 3 is 2.76 bits per heavy atom. The molecule has 0 aliphatic heterocycles. The van der Waals surface area contributed by atoms with E-state index in [1.165, 1.54) is 0 Å². The first-order valence-electron chi connectivity index (χ1n) is 5.40. The van der Waals surface area contributed by atoms with Gasteiger partial charge < -0.3 is 4.79 Å². The van der Waals surface area contributed by atoms with E-state index in [2.05, 4.69) is 10.3 Å². The predicted octanol–water partition coefficient (Wildman–Crippen LogP) is 2.30. The Balaban J connectivity index is 2.53. The van der Waals surface area contributed by atoms with E-state index in [1.54, 1.807) is 0 Å². The van der Waals surface area contributed by atoms with Crippen molar-refractivity contribution in [2.24, 2.45) is 5.92 Å². The van der Waals surface area contributed by atoms with E-state index in [9.17, 15) is 18.0 Å². The summed E-state index contributed by atoms with van der Waals surface area (Å²) in [4.78, 5) is 10.5. The highest BCUT2D eigenvalue weighted by atomic mass is 19.4. The lowest BCUT2D eigenvalue weighted by atomic mass is 10.0. The van der Waals surface area contributed by atoms with Gasteiger partial charge in [0.05, 0.1) is 6.20 Å². The van der Waals surface area contributed by atoms with Crippen molar-refractivity contribution >= 4 is 6.29 Å². The first kappa shape index (κ1) is 13.7. The number of carbonyl (C=O) groups is 1. The van der Waals surface area contributed by atoms with E-state index in [4.69, 9.17) is 0 Å². The van der Waals surface area contributed by atoms with Crippen LogP contribution in [0.2, 0.25) is 0 Å². The second kappa shape index (κ2) is 5.79. The fourth-order valence-electron chi connectivity index (χ4n) is 1.51. The standard InChI is InChI=1S/C10H14F3N3O/c1-2-8(7-17)4-3-5-16-9(6-14-15-16)10(11,12)13/h6-8H,2-5H2,1H3. The number of carbonyl (C=O) groups excluding carboxylic acids is 1. The number of aldehydes is 1. The second-order valence-corrected chi connectivity index (χ2v) is 3.79. The van der Waals surface area contributed by atoms with E-state index in [-0.39, 0.29) is 12.5 Å². The van der Waals surface area contributed by atoms with Crippen LogP contribution in [0.4, 0.5) is 13.2 Å². The number of hydrogen-bond donors (Lipinski definition) is 0. The molecule has 1 aromatic rings. The van der Waals surface area contributed by atoms with Crippen LogP contribution in [0.5, 0.6) is 0 Å². The molecular formula is C10H14F3N3O. The summed E-state index contributed by atoms with van der Waals surface area (Å²) in [5, 5.41) is 6.64. The van der Waals surface area contributed by atoms with Crippen LogP contribution in [0, 0.1) is 5.92 Å². The van der Waals surface area contributed by atoms with E-state index in [0.29, 0.717) is 25.5 Å². The van der Waals surface area contributed by atoms with Crippen LogP contribution in [0.15, 0.2) is 6.20 Å². The third-order valence-corrected chi connectivity index (χ3v) is 2.57. The fourth-order valence-corrected chi connectivity index (χ4v) is 1.51. The van der Waals surface area contributed by atoms with Crippen molar-refractivity contribution in [1.29, 1.82) is 0 Å². The van der Waals surface area contributed by atoms with Gasteiger partial charge in [0, 0.05) is 12.5 Å². The predicted molar refractivity (Wildman–Crippen MR) is 54.1 cm³/mol. The Kier molecular flexibility index (Phi) is 4.65. The van der Waals surface area contributed by atoms with Gasteiger partial charge >= 0.3 is 6.18 Å². The first-order valence-corrected chi connectivity index (χ1v) is 5.40. The van der Waals surface area contributed by atoms with Crippen LogP contribution >= 0.6 is 0 Å². The van der Waals surface area contributed by atoms with Crippen molar-refractivity contribution in [2.45, 2.75) is 38.9 Å². The van der Waals surface area contributed by atoms with Crippen molar-refractivity contribution in [1.82, 2.24) is 15.0 Å². The number of hydrogen-bond acceptors (Lipinski definition) is 3. The van der Waals surface area contributed by atoms with E-state index in [1.807, 2.05) is 6.92 Å². The molecule has 1 aromatic heterocycles. The highest BCUT2D eigenvalue weighted by molar-refractivity contribution is 5.53. The van der Waals surface area contributed by atoms with Gasteiger partial charge in [0.2, 0.25) is 0 Å². The van der Waals surface area contributed by atoms with Crippen molar-refractivity contribution in [3.8, 4) is 0 Å². The normalized spacial score (nSPS) is 13.6. The molecule has 0 bridgehead atoms. The average molecular weight is 249 g/mol. The molecule has 17 heavy (non-hydrogen) atoms. The van der Waals surface area contributed by atoms with Gasteiger partial charge in [0.25, 0.3) is 0 Å². The summed E-state index contributed by atoms with van der Waals surface area (Å²) in [6, 6.07) is 0. The average Bonchev–Trinajstić information content (AvgIpc) is 2.72. The quantitative estimate of drug-likeness (QED) is 0.727. The first-order chi connectivity index (χ1) is 7.99. The second-order valence-electron chi connectivity index (χ2n) is 3.79. The van der Waals surface area contributed by atoms with Crippen LogP contribution < -0.4 is 0 Å². The van der Waals surface area contributed by atoms with Gasteiger partial charge in [-0.05, 0) is 19.3 Å². The van der Waals surface area contributed by atoms with Gasteiger partial charge in [-0.1, -0.05) is 12.1 Å². The monoisotopic (exact) mass is 249 g/mol. The Bertz CT molecular complexity index is 362. The molecule has 7 heteroatoms. The SMILES string of the molecule is CCC(C=O)CCCn1nncc1C(F)(F)F. The molecule has 0 spiro atoms. The molecule has 1 unspecified atom stereocenters. The number of rotatable bonds is 6. The van der Waals surface area contributed by atoms with Crippen molar-refractivity contribution in [3.63, 3.8) is 0 Å². The summed E-state index contributed by atoms with van der Waals surface area (Å²) < 4.78 is 38.2. The highest BCUT2D eigenvalue weighted by Gasteiger charge is 2.35. The zero-order valence-corrected chi connectivity index (χ0v) is 9.44. The number of halogens is 3. The summed E-state index contributed by atoms with van der Waals surface area (Å²) in [5.74, 6) is -0.0899. The topological polar surface area (TPSA) is 47.8 Å². The molecule has 1 rings (SSSR count). The van der Waals surface area contributed by atoms with Gasteiger partial charge in [0.1, 0.15) is 6.29 Å². The fraction of sp³-hybridized carbons (Fsp3) is 0.700. The Morgan fingerprint density at radius 1 is 1.53 bits per heavy atom. The largest absolute Gasteiger partial charge is 0.434 e. The Hall–Kier alpha value is -1.40. The van der Waals surface area contributed by atoms with Gasteiger partial charge in [0.15, 0.2) is 5.69 Å². The van der Waals surface area contributed by atoms with E-state index >= 15 is 0 Å². The zero-order valence-electron chi connectivity index (χ0n) is 9.44. The minimum absolute atomic E-state index is 0.0899. The molecule has 0 radical (unpaired) electrons. The number of nitrogens with zero attached hydrogens (tertiary/aromatic N) is 3. The third-order valence-electron chi connectivity index (χ3n) is 2.57. The summed E-state index contributed by atoms with van der Waals surface area (Å²) in [6.45, 7) is 1.99. The number of aryl methyl sites for hydroxylation is 1. The molecule has 0 N–H and O–H groups in total. The van der Waals surface area contributed by atoms with Crippen LogP contribution in [0.25, 0.3) is 0 Å². The minimum Gasteiger partial charge on any atom is -0.303 e. The Morgan fingerprint density at radius 2 is 2.24 bits per heavy atom. The molecule has 1 atom stereocenters. The number of alkyl halides is 3. The van der Waals surface area contributed by atoms with Crippen molar-refractivity contribution < 1.29 is 18.0 Å². The molecule has 0 aromatic carbocycles. The highest BCUT2D eigenvalue weighted by Crippen LogP contribution is 2.28. The van der Waals surface area contributed by atoms with Gasteiger partial charge in [-0.25, -0.2) is 4.68 Å². The summed E-state index contributed by atoms with van der Waals surface area (Å²) in [7, 11) is 0.